The molecule has 1 unspecified atom stereocenters. The second kappa shape index (κ2) is 7.46. The van der Waals surface area contributed by atoms with E-state index in [1.165, 1.54) is 0 Å². The van der Waals surface area contributed by atoms with Gasteiger partial charge in [0.1, 0.15) is 29.1 Å². The second-order valence-electron chi connectivity index (χ2n) is 7.55. The van der Waals surface area contributed by atoms with Crippen LogP contribution in [0.3, 0.4) is 0 Å². The van der Waals surface area contributed by atoms with E-state index in [0.717, 1.165) is 11.3 Å². The smallest absolute Gasteiger partial charge is 0.252 e. The Morgan fingerprint density at radius 3 is 2.73 bits per heavy atom. The van der Waals surface area contributed by atoms with Crippen molar-refractivity contribution in [2.45, 2.75) is 32.3 Å². The highest BCUT2D eigenvalue weighted by Gasteiger charge is 2.47. The molecule has 1 fully saturated rings. The van der Waals surface area contributed by atoms with Crippen molar-refractivity contribution in [3.8, 4) is 5.75 Å². The third kappa shape index (κ3) is 3.09. The number of aromatic nitrogens is 1. The van der Waals surface area contributed by atoms with Crippen LogP contribution in [-0.4, -0.2) is 35.1 Å². The maximum atomic E-state index is 12.8. The molecule has 30 heavy (non-hydrogen) atoms. The summed E-state index contributed by atoms with van der Waals surface area (Å²) in [6, 6.07) is 7.16. The number of amides is 2. The molecule has 0 bridgehead atoms. The van der Waals surface area contributed by atoms with E-state index in [0.29, 0.717) is 41.0 Å². The number of nitrogens with two attached hydrogens (primary N) is 1. The molecule has 0 saturated carbocycles. The number of hydrogen-bond donors (Lipinski definition) is 3. The molecule has 4 rings (SSSR count). The monoisotopic (exact) mass is 409 g/mol. The van der Waals surface area contributed by atoms with Crippen molar-refractivity contribution < 1.29 is 23.8 Å². The normalized spacial score (nSPS) is 18.6. The van der Waals surface area contributed by atoms with Gasteiger partial charge in [-0.05, 0) is 38.5 Å². The van der Waals surface area contributed by atoms with Crippen molar-refractivity contribution in [1.29, 1.82) is 0 Å². The van der Waals surface area contributed by atoms with Crippen LogP contribution in [0.4, 0.5) is 0 Å². The second-order valence-corrected chi connectivity index (χ2v) is 7.55. The largest absolute Gasteiger partial charge is 0.488 e. The third-order valence-corrected chi connectivity index (χ3v) is 5.63. The van der Waals surface area contributed by atoms with E-state index in [-0.39, 0.29) is 18.1 Å². The Bertz CT molecular complexity index is 1140. The van der Waals surface area contributed by atoms with E-state index in [4.69, 9.17) is 14.9 Å². The summed E-state index contributed by atoms with van der Waals surface area (Å²) >= 11 is 0. The van der Waals surface area contributed by atoms with Crippen molar-refractivity contribution in [2.24, 2.45) is 5.73 Å². The molecular formula is C22H23N3O5. The van der Waals surface area contributed by atoms with Gasteiger partial charge in [-0.3, -0.25) is 14.6 Å². The van der Waals surface area contributed by atoms with Crippen LogP contribution in [0.2, 0.25) is 0 Å². The zero-order valence-corrected chi connectivity index (χ0v) is 16.8. The molecule has 1 atom stereocenters. The summed E-state index contributed by atoms with van der Waals surface area (Å²) in [5, 5.41) is 13.5. The van der Waals surface area contributed by atoms with Gasteiger partial charge < -0.3 is 25.3 Å². The lowest BCUT2D eigenvalue weighted by Crippen LogP contribution is -2.39. The van der Waals surface area contributed by atoms with Crippen LogP contribution in [-0.2, 0) is 16.8 Å². The Hall–Kier alpha value is -3.39. The number of benzene rings is 1. The maximum Gasteiger partial charge on any atom is 0.252 e. The van der Waals surface area contributed by atoms with Crippen LogP contribution in [0.5, 0.6) is 5.75 Å². The zero-order chi connectivity index (χ0) is 21.5. The SMILES string of the molecule is Cc1ccc(COc2ccc3oc(C)c(C(N)=O)c3c2C2(CO)CCNC2=O)cn1. The lowest BCUT2D eigenvalue weighted by Gasteiger charge is -2.27. The molecule has 8 nitrogen and oxygen atoms in total. The highest BCUT2D eigenvalue weighted by Crippen LogP contribution is 2.44. The molecular weight excluding hydrogens is 386 g/mol. The van der Waals surface area contributed by atoms with Gasteiger partial charge in [-0.25, -0.2) is 0 Å². The van der Waals surface area contributed by atoms with Crippen molar-refractivity contribution in [1.82, 2.24) is 10.3 Å². The number of rotatable bonds is 6. The summed E-state index contributed by atoms with van der Waals surface area (Å²) in [4.78, 5) is 29.3. The number of aryl methyl sites for hydroxylation is 2. The van der Waals surface area contributed by atoms with Gasteiger partial charge in [0.2, 0.25) is 5.91 Å². The molecule has 1 aromatic carbocycles. The van der Waals surface area contributed by atoms with E-state index < -0.39 is 17.9 Å². The van der Waals surface area contributed by atoms with E-state index in [9.17, 15) is 14.7 Å². The topological polar surface area (TPSA) is 128 Å². The number of carbonyl (C=O) groups excluding carboxylic acids is 2. The molecule has 2 aromatic heterocycles. The Morgan fingerprint density at radius 1 is 1.33 bits per heavy atom. The Balaban J connectivity index is 1.91. The molecule has 0 aliphatic carbocycles. The van der Waals surface area contributed by atoms with Crippen LogP contribution in [0.25, 0.3) is 11.0 Å². The van der Waals surface area contributed by atoms with Gasteiger partial charge in [-0.2, -0.15) is 0 Å². The maximum absolute atomic E-state index is 12.8. The molecule has 1 saturated heterocycles. The van der Waals surface area contributed by atoms with Gasteiger partial charge >= 0.3 is 0 Å². The van der Waals surface area contributed by atoms with Gasteiger partial charge in [-0.15, -0.1) is 0 Å². The van der Waals surface area contributed by atoms with Crippen LogP contribution in [0.15, 0.2) is 34.9 Å². The summed E-state index contributed by atoms with van der Waals surface area (Å²) in [6.07, 6.45) is 2.07. The zero-order valence-electron chi connectivity index (χ0n) is 16.8. The van der Waals surface area contributed by atoms with Crippen molar-refractivity contribution in [2.75, 3.05) is 13.2 Å². The number of aliphatic hydroxyl groups excluding tert-OH is 1. The third-order valence-electron chi connectivity index (χ3n) is 5.63. The van der Waals surface area contributed by atoms with Crippen molar-refractivity contribution in [3.05, 3.63) is 58.6 Å². The highest BCUT2D eigenvalue weighted by molar-refractivity contribution is 6.10. The number of hydrogen-bond acceptors (Lipinski definition) is 6. The predicted molar refractivity (Wildman–Crippen MR) is 109 cm³/mol. The van der Waals surface area contributed by atoms with Crippen LogP contribution in [0.1, 0.15) is 39.4 Å². The molecule has 1 aliphatic rings. The Labute approximate surface area is 173 Å². The number of pyridine rings is 1. The minimum absolute atomic E-state index is 0.190. The molecule has 4 N–H and O–H groups in total. The van der Waals surface area contributed by atoms with Crippen molar-refractivity contribution in [3.63, 3.8) is 0 Å². The van der Waals surface area contributed by atoms with Crippen LogP contribution in [0, 0.1) is 13.8 Å². The van der Waals surface area contributed by atoms with Gasteiger partial charge in [0.25, 0.3) is 5.91 Å². The first-order valence-corrected chi connectivity index (χ1v) is 9.67. The fourth-order valence-electron chi connectivity index (χ4n) is 4.07. The number of ether oxygens (including phenoxy) is 1. The fraction of sp³-hybridized carbons (Fsp3) is 0.318. The summed E-state index contributed by atoms with van der Waals surface area (Å²) in [5.41, 5.74) is 7.12. The van der Waals surface area contributed by atoms with E-state index in [1.807, 2.05) is 19.1 Å². The summed E-state index contributed by atoms with van der Waals surface area (Å²) in [6.45, 7) is 3.70. The Kier molecular flexibility index (Phi) is 4.95. The first-order valence-electron chi connectivity index (χ1n) is 9.67. The molecule has 1 aliphatic heterocycles. The van der Waals surface area contributed by atoms with Gasteiger partial charge in [0.05, 0.1) is 12.2 Å². The van der Waals surface area contributed by atoms with E-state index >= 15 is 0 Å². The number of primary amides is 1. The Morgan fingerprint density at radius 2 is 2.13 bits per heavy atom. The highest BCUT2D eigenvalue weighted by atomic mass is 16.5. The predicted octanol–water partition coefficient (Wildman–Crippen LogP) is 1.87. The van der Waals surface area contributed by atoms with E-state index in [1.54, 1.807) is 25.3 Å². The quantitative estimate of drug-likeness (QED) is 0.570. The first kappa shape index (κ1) is 19.9. The van der Waals surface area contributed by atoms with Gasteiger partial charge in [0, 0.05) is 34.9 Å². The minimum Gasteiger partial charge on any atom is -0.488 e. The summed E-state index contributed by atoms with van der Waals surface area (Å²) in [5.74, 6) is -0.255. The molecule has 8 heteroatoms. The van der Waals surface area contributed by atoms with Gasteiger partial charge in [-0.1, -0.05) is 6.07 Å². The number of carbonyl (C=O) groups is 2. The number of aliphatic hydroxyl groups is 1. The average Bonchev–Trinajstić information content (AvgIpc) is 3.26. The summed E-state index contributed by atoms with van der Waals surface area (Å²) in [7, 11) is 0. The molecule has 3 aromatic rings. The first-order chi connectivity index (χ1) is 14.4. The molecule has 0 spiro atoms. The number of nitrogens with zero attached hydrogens (tertiary/aromatic N) is 1. The molecule has 2 amide bonds. The number of nitrogens with one attached hydrogen (secondary N) is 1. The molecule has 156 valence electrons. The van der Waals surface area contributed by atoms with Crippen LogP contribution >= 0.6 is 0 Å². The number of fused-ring (bicyclic) bond motifs is 1. The van der Waals surface area contributed by atoms with Crippen LogP contribution < -0.4 is 15.8 Å². The standard InChI is InChI=1S/C22H23N3O5/c1-12-3-4-14(9-25-12)10-29-16-6-5-15-18(17(20(23)27)13(2)30-15)19(16)22(11-26)7-8-24-21(22)28/h3-6,9,26H,7-8,10-11H2,1-2H3,(H2,23,27)(H,24,28). The average molecular weight is 409 g/mol. The molecule has 3 heterocycles. The van der Waals surface area contributed by atoms with Gasteiger partial charge in [0.15, 0.2) is 0 Å². The lowest BCUT2D eigenvalue weighted by molar-refractivity contribution is -0.125. The summed E-state index contributed by atoms with van der Waals surface area (Å²) < 4.78 is 11.8. The van der Waals surface area contributed by atoms with Crippen molar-refractivity contribution >= 4 is 22.8 Å². The fourth-order valence-corrected chi connectivity index (χ4v) is 4.07. The number of furan rings is 1. The van der Waals surface area contributed by atoms with E-state index in [2.05, 4.69) is 10.3 Å². The molecule has 0 radical (unpaired) electrons. The lowest BCUT2D eigenvalue weighted by atomic mass is 9.76. The minimum atomic E-state index is -1.26.